The summed E-state index contributed by atoms with van der Waals surface area (Å²) in [6.07, 6.45) is 4.43. The third kappa shape index (κ3) is 7.59. The number of hydrogen-bond acceptors (Lipinski definition) is 4. The first-order valence-electron chi connectivity index (χ1n) is 14.8. The van der Waals surface area contributed by atoms with E-state index in [0.29, 0.717) is 12.1 Å². The molecule has 224 valence electrons. The molecule has 0 bridgehead atoms. The molecule has 0 aliphatic heterocycles. The van der Waals surface area contributed by atoms with E-state index in [9.17, 15) is 18.0 Å². The zero-order chi connectivity index (χ0) is 30.4. The van der Waals surface area contributed by atoms with Gasteiger partial charge in [-0.25, -0.2) is 8.42 Å². The highest BCUT2D eigenvalue weighted by atomic mass is 32.2. The maximum absolute atomic E-state index is 14.3. The predicted molar refractivity (Wildman–Crippen MR) is 168 cm³/mol. The van der Waals surface area contributed by atoms with Gasteiger partial charge >= 0.3 is 0 Å². The Morgan fingerprint density at radius 3 is 2.10 bits per heavy atom. The summed E-state index contributed by atoms with van der Waals surface area (Å²) in [4.78, 5) is 29.6. The molecule has 4 rings (SSSR count). The highest BCUT2D eigenvalue weighted by Gasteiger charge is 2.34. The van der Waals surface area contributed by atoms with Crippen LogP contribution in [-0.2, 0) is 26.2 Å². The Balaban J connectivity index is 1.74. The number of hydrogen-bond donors (Lipinski definition) is 1. The van der Waals surface area contributed by atoms with Crippen molar-refractivity contribution in [2.24, 2.45) is 0 Å². The molecule has 1 aliphatic carbocycles. The third-order valence-electron chi connectivity index (χ3n) is 7.91. The van der Waals surface area contributed by atoms with Gasteiger partial charge in [-0.1, -0.05) is 73.4 Å². The number of amides is 2. The number of rotatable bonds is 11. The molecular formula is C34H43N3O4S. The van der Waals surface area contributed by atoms with E-state index in [1.807, 2.05) is 65.0 Å². The van der Waals surface area contributed by atoms with Crippen molar-refractivity contribution in [2.75, 3.05) is 10.8 Å². The van der Waals surface area contributed by atoms with Gasteiger partial charge in [-0.2, -0.15) is 0 Å². The van der Waals surface area contributed by atoms with E-state index in [-0.39, 0.29) is 23.4 Å². The van der Waals surface area contributed by atoms with Crippen LogP contribution in [0.2, 0.25) is 0 Å². The molecule has 7 nitrogen and oxygen atoms in total. The monoisotopic (exact) mass is 589 g/mol. The average molecular weight is 590 g/mol. The molecule has 0 aromatic heterocycles. The summed E-state index contributed by atoms with van der Waals surface area (Å²) in [5.41, 5.74) is 5.06. The molecule has 1 saturated carbocycles. The Labute approximate surface area is 251 Å². The first-order chi connectivity index (χ1) is 20.0. The summed E-state index contributed by atoms with van der Waals surface area (Å²) in [6.45, 7) is 9.34. The lowest BCUT2D eigenvalue weighted by Gasteiger charge is -2.34. The van der Waals surface area contributed by atoms with Crippen LogP contribution in [-0.4, -0.2) is 43.8 Å². The summed E-state index contributed by atoms with van der Waals surface area (Å²) in [7, 11) is -4.10. The predicted octanol–water partition coefficient (Wildman–Crippen LogP) is 5.98. The molecule has 1 N–H and O–H groups in total. The lowest BCUT2D eigenvalue weighted by atomic mass is 10.1. The number of aryl methyl sites for hydroxylation is 4. The zero-order valence-corrected chi connectivity index (χ0v) is 26.2. The van der Waals surface area contributed by atoms with Gasteiger partial charge in [0.25, 0.3) is 10.0 Å². The van der Waals surface area contributed by atoms with Crippen molar-refractivity contribution in [3.05, 3.63) is 94.5 Å². The van der Waals surface area contributed by atoms with Gasteiger partial charge in [0.2, 0.25) is 11.8 Å². The maximum Gasteiger partial charge on any atom is 0.264 e. The van der Waals surface area contributed by atoms with E-state index in [2.05, 4.69) is 5.32 Å². The standard InChI is InChI=1S/C34H43N3O4S/c1-6-32(34(39)35-29-12-7-8-13-29)36(22-28-11-9-10-25(3)19-28)33(38)23-37(30-20-26(4)18-27(5)21-30)42(40,41)31-16-14-24(2)15-17-31/h9-11,14-21,29,32H,6-8,12-13,22-23H2,1-5H3,(H,35,39)/t32-/m1/s1. The van der Waals surface area contributed by atoms with Gasteiger partial charge < -0.3 is 10.2 Å². The number of benzene rings is 3. The van der Waals surface area contributed by atoms with Gasteiger partial charge in [-0.3, -0.25) is 13.9 Å². The van der Waals surface area contributed by atoms with Crippen LogP contribution < -0.4 is 9.62 Å². The molecule has 1 fully saturated rings. The second kappa shape index (κ2) is 13.6. The minimum atomic E-state index is -4.10. The Morgan fingerprint density at radius 1 is 0.857 bits per heavy atom. The van der Waals surface area contributed by atoms with Crippen molar-refractivity contribution in [1.82, 2.24) is 10.2 Å². The largest absolute Gasteiger partial charge is 0.352 e. The molecule has 1 atom stereocenters. The van der Waals surface area contributed by atoms with Crippen molar-refractivity contribution in [3.8, 4) is 0 Å². The summed E-state index contributed by atoms with van der Waals surface area (Å²) >= 11 is 0. The normalized spacial score (nSPS) is 14.4. The van der Waals surface area contributed by atoms with Gasteiger partial charge in [0.15, 0.2) is 0 Å². The van der Waals surface area contributed by atoms with Crippen LogP contribution in [0.15, 0.2) is 71.6 Å². The zero-order valence-electron chi connectivity index (χ0n) is 25.4. The SMILES string of the molecule is CC[C@H](C(=O)NC1CCCC1)N(Cc1cccc(C)c1)C(=O)CN(c1cc(C)cc(C)c1)S(=O)(=O)c1ccc(C)cc1. The number of nitrogens with one attached hydrogen (secondary N) is 1. The summed E-state index contributed by atoms with van der Waals surface area (Å²) in [5, 5.41) is 3.16. The number of carbonyl (C=O) groups excluding carboxylic acids is 2. The van der Waals surface area contributed by atoms with Crippen molar-refractivity contribution in [1.29, 1.82) is 0 Å². The molecular weight excluding hydrogens is 546 g/mol. The van der Waals surface area contributed by atoms with E-state index < -0.39 is 28.5 Å². The van der Waals surface area contributed by atoms with Crippen LogP contribution in [0.3, 0.4) is 0 Å². The highest BCUT2D eigenvalue weighted by Crippen LogP contribution is 2.27. The minimum absolute atomic E-state index is 0.108. The fourth-order valence-corrected chi connectivity index (χ4v) is 7.15. The molecule has 3 aromatic carbocycles. The Kier molecular flexibility index (Phi) is 10.1. The molecule has 3 aromatic rings. The second-order valence-corrected chi connectivity index (χ2v) is 13.5. The second-order valence-electron chi connectivity index (χ2n) is 11.6. The first-order valence-corrected chi connectivity index (χ1v) is 16.2. The molecule has 2 amide bonds. The maximum atomic E-state index is 14.3. The van der Waals surface area contributed by atoms with Crippen molar-refractivity contribution >= 4 is 27.5 Å². The molecule has 0 unspecified atom stereocenters. The van der Waals surface area contributed by atoms with E-state index >= 15 is 0 Å². The lowest BCUT2D eigenvalue weighted by molar-refractivity contribution is -0.140. The number of sulfonamides is 1. The van der Waals surface area contributed by atoms with Crippen molar-refractivity contribution in [2.45, 2.75) is 90.2 Å². The van der Waals surface area contributed by atoms with Crippen LogP contribution in [0.25, 0.3) is 0 Å². The van der Waals surface area contributed by atoms with Crippen LogP contribution in [0, 0.1) is 27.7 Å². The van der Waals surface area contributed by atoms with Crippen molar-refractivity contribution in [3.63, 3.8) is 0 Å². The quantitative estimate of drug-likeness (QED) is 0.298. The molecule has 0 spiro atoms. The van der Waals surface area contributed by atoms with E-state index in [1.165, 1.54) is 4.31 Å². The molecule has 0 saturated heterocycles. The molecule has 0 heterocycles. The number of carbonyl (C=O) groups is 2. The fraction of sp³-hybridized carbons (Fsp3) is 0.412. The van der Waals surface area contributed by atoms with Gasteiger partial charge in [-0.05, 0) is 87.9 Å². The summed E-state index contributed by atoms with van der Waals surface area (Å²) in [5.74, 6) is -0.621. The van der Waals surface area contributed by atoms with E-state index in [4.69, 9.17) is 0 Å². The molecule has 8 heteroatoms. The first kappa shape index (κ1) is 31.3. The molecule has 42 heavy (non-hydrogen) atoms. The van der Waals surface area contributed by atoms with E-state index in [1.54, 1.807) is 41.3 Å². The van der Waals surface area contributed by atoms with Crippen LogP contribution in [0.1, 0.15) is 66.8 Å². The lowest BCUT2D eigenvalue weighted by Crippen LogP contribution is -2.53. The topological polar surface area (TPSA) is 86.8 Å². The van der Waals surface area contributed by atoms with Gasteiger partial charge in [-0.15, -0.1) is 0 Å². The molecule has 0 radical (unpaired) electrons. The van der Waals surface area contributed by atoms with Crippen LogP contribution >= 0.6 is 0 Å². The fourth-order valence-electron chi connectivity index (χ4n) is 5.76. The average Bonchev–Trinajstić information content (AvgIpc) is 3.44. The van der Waals surface area contributed by atoms with Crippen LogP contribution in [0.5, 0.6) is 0 Å². The number of anilines is 1. The van der Waals surface area contributed by atoms with Gasteiger partial charge in [0.05, 0.1) is 10.6 Å². The summed E-state index contributed by atoms with van der Waals surface area (Å²) < 4.78 is 29.4. The van der Waals surface area contributed by atoms with Gasteiger partial charge in [0.1, 0.15) is 12.6 Å². The Bertz CT molecular complexity index is 1490. The third-order valence-corrected chi connectivity index (χ3v) is 9.69. The Morgan fingerprint density at radius 2 is 1.50 bits per heavy atom. The summed E-state index contributed by atoms with van der Waals surface area (Å²) in [6, 6.07) is 19.4. The van der Waals surface area contributed by atoms with E-state index in [0.717, 1.165) is 53.5 Å². The van der Waals surface area contributed by atoms with Crippen LogP contribution in [0.4, 0.5) is 5.69 Å². The van der Waals surface area contributed by atoms with Gasteiger partial charge in [0, 0.05) is 12.6 Å². The Hall–Kier alpha value is -3.65. The number of nitrogens with zero attached hydrogens (tertiary/aromatic N) is 2. The highest BCUT2D eigenvalue weighted by molar-refractivity contribution is 7.92. The molecule has 1 aliphatic rings. The van der Waals surface area contributed by atoms with Crippen molar-refractivity contribution < 1.29 is 18.0 Å². The smallest absolute Gasteiger partial charge is 0.264 e. The minimum Gasteiger partial charge on any atom is -0.352 e.